The van der Waals surface area contributed by atoms with E-state index in [0.29, 0.717) is 12.0 Å². The van der Waals surface area contributed by atoms with E-state index < -0.39 is 0 Å². The Kier molecular flexibility index (Phi) is 4.06. The number of pyridine rings is 1. The van der Waals surface area contributed by atoms with Crippen molar-refractivity contribution in [3.05, 3.63) is 65.5 Å². The molecule has 0 saturated carbocycles. The molecule has 4 nitrogen and oxygen atoms in total. The lowest BCUT2D eigenvalue weighted by molar-refractivity contribution is -0.117. The summed E-state index contributed by atoms with van der Waals surface area (Å²) in [7, 11) is 0. The summed E-state index contributed by atoms with van der Waals surface area (Å²) < 4.78 is 0. The number of aromatic nitrogens is 2. The summed E-state index contributed by atoms with van der Waals surface area (Å²) in [4.78, 5) is 30.7. The Labute approximate surface area is 134 Å². The molecule has 23 heavy (non-hydrogen) atoms. The monoisotopic (exact) mass is 306 g/mol. The van der Waals surface area contributed by atoms with Crippen molar-refractivity contribution >= 4 is 22.6 Å². The Balaban J connectivity index is 2.07. The van der Waals surface area contributed by atoms with Crippen LogP contribution in [0, 0.1) is 0 Å². The van der Waals surface area contributed by atoms with Crippen molar-refractivity contribution in [3.8, 4) is 0 Å². The molecule has 0 aliphatic carbocycles. The average molecular weight is 306 g/mol. The van der Waals surface area contributed by atoms with Crippen LogP contribution in [0.15, 0.2) is 48.8 Å². The topological polar surface area (TPSA) is 62.8 Å². The van der Waals surface area contributed by atoms with Gasteiger partial charge in [-0.2, -0.15) is 0 Å². The van der Waals surface area contributed by atoms with Gasteiger partial charge in [0.15, 0.2) is 5.78 Å². The van der Waals surface area contributed by atoms with Gasteiger partial charge < -0.3 is 4.98 Å². The molecule has 1 N–H and O–H groups in total. The van der Waals surface area contributed by atoms with Gasteiger partial charge >= 0.3 is 0 Å². The van der Waals surface area contributed by atoms with Gasteiger partial charge in [-0.1, -0.05) is 24.3 Å². The van der Waals surface area contributed by atoms with E-state index in [-0.39, 0.29) is 17.5 Å². The van der Waals surface area contributed by atoms with E-state index in [2.05, 4.69) is 9.97 Å². The molecular formula is C19H18N2O2. The highest BCUT2D eigenvalue weighted by molar-refractivity contribution is 5.94. The summed E-state index contributed by atoms with van der Waals surface area (Å²) in [5.74, 6) is 0.117. The molecule has 2 heterocycles. The number of Topliss-reactive ketones (excluding diaryl/α,β-unsaturated/α-hetero) is 2. The molecule has 0 aliphatic heterocycles. The first-order valence-electron chi connectivity index (χ1n) is 7.58. The number of H-pyrrole nitrogens is 1. The van der Waals surface area contributed by atoms with Gasteiger partial charge in [0, 0.05) is 35.7 Å². The van der Waals surface area contributed by atoms with Crippen LogP contribution in [0.4, 0.5) is 0 Å². The molecular weight excluding hydrogens is 288 g/mol. The van der Waals surface area contributed by atoms with Gasteiger partial charge in [-0.3, -0.25) is 9.59 Å². The number of hydrogen-bond acceptors (Lipinski definition) is 3. The molecule has 2 aromatic heterocycles. The van der Waals surface area contributed by atoms with Crippen molar-refractivity contribution < 1.29 is 9.59 Å². The van der Waals surface area contributed by atoms with Gasteiger partial charge in [0.1, 0.15) is 11.4 Å². The Morgan fingerprint density at radius 3 is 2.52 bits per heavy atom. The van der Waals surface area contributed by atoms with Gasteiger partial charge in [0.2, 0.25) is 0 Å². The third kappa shape index (κ3) is 3.06. The van der Waals surface area contributed by atoms with Crippen LogP contribution in [-0.2, 0) is 4.79 Å². The number of hydrogen-bond donors (Lipinski definition) is 1. The third-order valence-electron chi connectivity index (χ3n) is 4.07. The lowest BCUT2D eigenvalue weighted by Gasteiger charge is -2.16. The fourth-order valence-electron chi connectivity index (χ4n) is 2.91. The highest BCUT2D eigenvalue weighted by Crippen LogP contribution is 2.33. The zero-order chi connectivity index (χ0) is 16.4. The number of fused-ring (bicyclic) bond motifs is 1. The van der Waals surface area contributed by atoms with Crippen LogP contribution in [0.2, 0.25) is 0 Å². The summed E-state index contributed by atoms with van der Waals surface area (Å²) in [6.07, 6.45) is 4.08. The fraction of sp³-hybridized carbons (Fsp3) is 0.211. The molecule has 0 fully saturated rings. The van der Waals surface area contributed by atoms with E-state index in [0.717, 1.165) is 22.2 Å². The van der Waals surface area contributed by atoms with E-state index in [9.17, 15) is 9.59 Å². The molecule has 1 unspecified atom stereocenters. The highest BCUT2D eigenvalue weighted by atomic mass is 16.1. The SMILES string of the molecule is CC(=O)CC(c1ccc(C(C)=O)cc1)c1c[nH]c2ncccc12. The molecule has 0 radical (unpaired) electrons. The first-order valence-corrected chi connectivity index (χ1v) is 7.58. The molecule has 0 spiro atoms. The van der Waals surface area contributed by atoms with Crippen molar-refractivity contribution in [2.45, 2.75) is 26.2 Å². The predicted molar refractivity (Wildman–Crippen MR) is 89.7 cm³/mol. The second-order valence-corrected chi connectivity index (χ2v) is 5.78. The van der Waals surface area contributed by atoms with Crippen molar-refractivity contribution in [3.63, 3.8) is 0 Å². The molecule has 0 bridgehead atoms. The van der Waals surface area contributed by atoms with Crippen molar-refractivity contribution in [1.82, 2.24) is 9.97 Å². The van der Waals surface area contributed by atoms with Crippen molar-refractivity contribution in [2.75, 3.05) is 0 Å². The summed E-state index contributed by atoms with van der Waals surface area (Å²) in [5.41, 5.74) is 3.57. The minimum Gasteiger partial charge on any atom is -0.346 e. The van der Waals surface area contributed by atoms with Gasteiger partial charge in [0.05, 0.1) is 0 Å². The highest BCUT2D eigenvalue weighted by Gasteiger charge is 2.20. The molecule has 0 saturated heterocycles. The summed E-state index contributed by atoms with van der Waals surface area (Å²) in [6, 6.07) is 11.4. The maximum Gasteiger partial charge on any atom is 0.159 e. The maximum absolute atomic E-state index is 11.8. The Morgan fingerprint density at radius 1 is 1.13 bits per heavy atom. The van der Waals surface area contributed by atoms with Crippen LogP contribution in [0.25, 0.3) is 11.0 Å². The largest absolute Gasteiger partial charge is 0.346 e. The lowest BCUT2D eigenvalue weighted by Crippen LogP contribution is -2.06. The normalized spacial score (nSPS) is 12.3. The Morgan fingerprint density at radius 2 is 1.87 bits per heavy atom. The Hall–Kier alpha value is -2.75. The van der Waals surface area contributed by atoms with Crippen LogP contribution < -0.4 is 0 Å². The van der Waals surface area contributed by atoms with Crippen molar-refractivity contribution in [2.24, 2.45) is 0 Å². The van der Waals surface area contributed by atoms with Gasteiger partial charge in [0.25, 0.3) is 0 Å². The molecule has 0 amide bonds. The average Bonchev–Trinajstić information content (AvgIpc) is 2.96. The molecule has 3 aromatic rings. The van der Waals surface area contributed by atoms with Gasteiger partial charge in [-0.25, -0.2) is 4.98 Å². The number of benzene rings is 1. The van der Waals surface area contributed by atoms with Crippen LogP contribution in [0.1, 0.15) is 47.7 Å². The molecule has 4 heteroatoms. The third-order valence-corrected chi connectivity index (χ3v) is 4.07. The van der Waals surface area contributed by atoms with Gasteiger partial charge in [-0.15, -0.1) is 0 Å². The van der Waals surface area contributed by atoms with E-state index in [1.54, 1.807) is 20.0 Å². The number of carbonyl (C=O) groups is 2. The number of nitrogens with one attached hydrogen (secondary N) is 1. The fourth-order valence-corrected chi connectivity index (χ4v) is 2.91. The standard InChI is InChI=1S/C19H18N2O2/c1-12(22)10-17(15-7-5-14(6-8-15)13(2)23)18-11-21-19-16(18)4-3-9-20-19/h3-9,11,17H,10H2,1-2H3,(H,20,21). The summed E-state index contributed by atoms with van der Waals surface area (Å²) >= 11 is 0. The number of ketones is 2. The second kappa shape index (κ2) is 6.16. The zero-order valence-corrected chi connectivity index (χ0v) is 13.2. The van der Waals surface area contributed by atoms with Crippen LogP contribution >= 0.6 is 0 Å². The van der Waals surface area contributed by atoms with Crippen LogP contribution in [0.5, 0.6) is 0 Å². The van der Waals surface area contributed by atoms with Crippen molar-refractivity contribution in [1.29, 1.82) is 0 Å². The number of rotatable bonds is 5. The summed E-state index contributed by atoms with van der Waals surface area (Å²) in [6.45, 7) is 3.15. The molecule has 3 rings (SSSR count). The molecule has 1 aromatic carbocycles. The smallest absolute Gasteiger partial charge is 0.159 e. The quantitative estimate of drug-likeness (QED) is 0.728. The maximum atomic E-state index is 11.8. The van der Waals surface area contributed by atoms with E-state index >= 15 is 0 Å². The van der Waals surface area contributed by atoms with Crippen LogP contribution in [-0.4, -0.2) is 21.5 Å². The summed E-state index contributed by atoms with van der Waals surface area (Å²) in [5, 5.41) is 1.02. The zero-order valence-electron chi connectivity index (χ0n) is 13.2. The minimum absolute atomic E-state index is 0.0379. The molecule has 1 atom stereocenters. The number of nitrogens with zero attached hydrogens (tertiary/aromatic N) is 1. The van der Waals surface area contributed by atoms with Crippen LogP contribution in [0.3, 0.4) is 0 Å². The minimum atomic E-state index is -0.0496. The number of carbonyl (C=O) groups excluding carboxylic acids is 2. The number of aromatic amines is 1. The van der Waals surface area contributed by atoms with E-state index in [1.165, 1.54) is 0 Å². The van der Waals surface area contributed by atoms with E-state index in [1.807, 2.05) is 42.6 Å². The van der Waals surface area contributed by atoms with Gasteiger partial charge in [-0.05, 0) is 37.1 Å². The Bertz CT molecular complexity index is 862. The molecule has 116 valence electrons. The molecule has 0 aliphatic rings. The first kappa shape index (κ1) is 15.2. The van der Waals surface area contributed by atoms with E-state index in [4.69, 9.17) is 0 Å². The predicted octanol–water partition coefficient (Wildman–Crippen LogP) is 3.88. The lowest BCUT2D eigenvalue weighted by atomic mass is 9.87. The second-order valence-electron chi connectivity index (χ2n) is 5.78. The first-order chi connectivity index (χ1) is 11.1.